The van der Waals surface area contributed by atoms with Crippen LogP contribution >= 0.6 is 0 Å². The fraction of sp³-hybridized carbons (Fsp3) is 0.692. The van der Waals surface area contributed by atoms with E-state index in [4.69, 9.17) is 9.84 Å². The molecule has 5 nitrogen and oxygen atoms in total. The standard InChI is InChI=1S/C13H19NO4/c1-2-4-13(5-3-6-13)12(17)14-7-8-18-10(9-14)11(15)16/h2,10H,1,3-9H2,(H,15,16). The maximum atomic E-state index is 12.5. The van der Waals surface area contributed by atoms with Crippen LogP contribution in [0.25, 0.3) is 0 Å². The zero-order valence-corrected chi connectivity index (χ0v) is 10.4. The molecule has 1 saturated carbocycles. The maximum absolute atomic E-state index is 12.5. The number of carboxylic acids is 1. The fourth-order valence-electron chi connectivity index (χ4n) is 2.70. The molecule has 0 aromatic rings. The van der Waals surface area contributed by atoms with Gasteiger partial charge in [-0.15, -0.1) is 6.58 Å². The Morgan fingerprint density at radius 1 is 1.50 bits per heavy atom. The van der Waals surface area contributed by atoms with Crippen molar-refractivity contribution in [2.75, 3.05) is 19.7 Å². The minimum atomic E-state index is -1.00. The van der Waals surface area contributed by atoms with Crippen LogP contribution in [0, 0.1) is 5.41 Å². The maximum Gasteiger partial charge on any atom is 0.334 e. The molecule has 1 aliphatic carbocycles. The molecular formula is C13H19NO4. The lowest BCUT2D eigenvalue weighted by Crippen LogP contribution is -2.54. The number of amides is 1. The Hall–Kier alpha value is -1.36. The number of ether oxygens (including phenoxy) is 1. The zero-order valence-electron chi connectivity index (χ0n) is 10.4. The Morgan fingerprint density at radius 3 is 2.72 bits per heavy atom. The second-order valence-electron chi connectivity index (χ2n) is 5.08. The SMILES string of the molecule is C=CCC1(C(=O)N2CCOC(C(=O)O)C2)CCC1. The molecule has 1 aliphatic heterocycles. The smallest absolute Gasteiger partial charge is 0.334 e. The first-order chi connectivity index (χ1) is 8.59. The summed E-state index contributed by atoms with van der Waals surface area (Å²) in [6.45, 7) is 4.65. The van der Waals surface area contributed by atoms with Crippen molar-refractivity contribution in [1.82, 2.24) is 4.90 Å². The van der Waals surface area contributed by atoms with Gasteiger partial charge in [0.25, 0.3) is 0 Å². The molecule has 1 amide bonds. The van der Waals surface area contributed by atoms with Gasteiger partial charge in [-0.3, -0.25) is 4.79 Å². The Bertz CT molecular complexity index is 362. The third kappa shape index (κ3) is 2.27. The fourth-order valence-corrected chi connectivity index (χ4v) is 2.70. The third-order valence-corrected chi connectivity index (χ3v) is 3.93. The van der Waals surface area contributed by atoms with Gasteiger partial charge in [0.05, 0.1) is 18.6 Å². The zero-order chi connectivity index (χ0) is 13.2. The number of hydrogen-bond donors (Lipinski definition) is 1. The van der Waals surface area contributed by atoms with Gasteiger partial charge in [0.15, 0.2) is 6.10 Å². The molecular weight excluding hydrogens is 234 g/mol. The highest BCUT2D eigenvalue weighted by atomic mass is 16.5. The third-order valence-electron chi connectivity index (χ3n) is 3.93. The van der Waals surface area contributed by atoms with E-state index in [9.17, 15) is 9.59 Å². The van der Waals surface area contributed by atoms with Crippen molar-refractivity contribution in [1.29, 1.82) is 0 Å². The largest absolute Gasteiger partial charge is 0.479 e. The van der Waals surface area contributed by atoms with Gasteiger partial charge in [-0.2, -0.15) is 0 Å². The number of aliphatic carboxylic acids is 1. The van der Waals surface area contributed by atoms with Crippen LogP contribution in [-0.4, -0.2) is 47.7 Å². The molecule has 18 heavy (non-hydrogen) atoms. The van der Waals surface area contributed by atoms with E-state index in [0.717, 1.165) is 19.3 Å². The number of allylic oxidation sites excluding steroid dienone is 1. The Labute approximate surface area is 106 Å². The summed E-state index contributed by atoms with van der Waals surface area (Å²) in [6.07, 6.45) is 4.41. The van der Waals surface area contributed by atoms with Gasteiger partial charge in [-0.05, 0) is 19.3 Å². The summed E-state index contributed by atoms with van der Waals surface area (Å²) in [4.78, 5) is 25.0. The number of carbonyl (C=O) groups is 2. The molecule has 0 aromatic carbocycles. The van der Waals surface area contributed by atoms with Gasteiger partial charge >= 0.3 is 5.97 Å². The number of nitrogens with zero attached hydrogens (tertiary/aromatic N) is 1. The van der Waals surface area contributed by atoms with Crippen LogP contribution in [0.4, 0.5) is 0 Å². The van der Waals surface area contributed by atoms with Crippen molar-refractivity contribution < 1.29 is 19.4 Å². The lowest BCUT2D eigenvalue weighted by molar-refractivity contribution is -0.165. The molecule has 1 atom stereocenters. The molecule has 100 valence electrons. The monoisotopic (exact) mass is 253 g/mol. The van der Waals surface area contributed by atoms with Gasteiger partial charge in [0.2, 0.25) is 5.91 Å². The quantitative estimate of drug-likeness (QED) is 0.760. The summed E-state index contributed by atoms with van der Waals surface area (Å²) in [7, 11) is 0. The highest BCUT2D eigenvalue weighted by Crippen LogP contribution is 2.45. The lowest BCUT2D eigenvalue weighted by Gasteiger charge is -2.44. The molecule has 2 aliphatic rings. The Kier molecular flexibility index (Phi) is 3.71. The van der Waals surface area contributed by atoms with Crippen LogP contribution in [0.15, 0.2) is 12.7 Å². The van der Waals surface area contributed by atoms with Gasteiger partial charge in [-0.1, -0.05) is 12.5 Å². The molecule has 0 aromatic heterocycles. The predicted octanol–water partition coefficient (Wildman–Crippen LogP) is 1.04. The normalized spacial score (nSPS) is 26.2. The highest BCUT2D eigenvalue weighted by molar-refractivity contribution is 5.85. The first kappa shape index (κ1) is 13.1. The average molecular weight is 253 g/mol. The van der Waals surface area contributed by atoms with Crippen LogP contribution in [0.5, 0.6) is 0 Å². The van der Waals surface area contributed by atoms with Gasteiger partial charge in [0.1, 0.15) is 0 Å². The van der Waals surface area contributed by atoms with Crippen LogP contribution in [-0.2, 0) is 14.3 Å². The summed E-state index contributed by atoms with van der Waals surface area (Å²) in [5, 5.41) is 8.94. The second kappa shape index (κ2) is 5.10. The Morgan fingerprint density at radius 2 is 2.22 bits per heavy atom. The van der Waals surface area contributed by atoms with Gasteiger partial charge < -0.3 is 14.7 Å². The average Bonchev–Trinajstić information content (AvgIpc) is 2.33. The number of hydrogen-bond acceptors (Lipinski definition) is 3. The van der Waals surface area contributed by atoms with E-state index in [-0.39, 0.29) is 17.9 Å². The van der Waals surface area contributed by atoms with E-state index in [1.165, 1.54) is 0 Å². The van der Waals surface area contributed by atoms with E-state index in [0.29, 0.717) is 19.6 Å². The highest BCUT2D eigenvalue weighted by Gasteiger charge is 2.46. The second-order valence-corrected chi connectivity index (χ2v) is 5.08. The molecule has 1 heterocycles. The van der Waals surface area contributed by atoms with Crippen molar-refractivity contribution in [3.05, 3.63) is 12.7 Å². The minimum absolute atomic E-state index is 0.0724. The van der Waals surface area contributed by atoms with E-state index in [2.05, 4.69) is 6.58 Å². The number of morpholine rings is 1. The van der Waals surface area contributed by atoms with Crippen molar-refractivity contribution in [3.63, 3.8) is 0 Å². The van der Waals surface area contributed by atoms with Crippen molar-refractivity contribution in [2.24, 2.45) is 5.41 Å². The van der Waals surface area contributed by atoms with Crippen molar-refractivity contribution in [3.8, 4) is 0 Å². The van der Waals surface area contributed by atoms with E-state index in [1.807, 2.05) is 0 Å². The molecule has 1 unspecified atom stereocenters. The molecule has 1 N–H and O–H groups in total. The van der Waals surface area contributed by atoms with Crippen LogP contribution in [0.1, 0.15) is 25.7 Å². The van der Waals surface area contributed by atoms with Crippen LogP contribution < -0.4 is 0 Å². The first-order valence-electron chi connectivity index (χ1n) is 6.34. The van der Waals surface area contributed by atoms with Crippen LogP contribution in [0.2, 0.25) is 0 Å². The molecule has 2 rings (SSSR count). The van der Waals surface area contributed by atoms with E-state index < -0.39 is 12.1 Å². The van der Waals surface area contributed by atoms with E-state index in [1.54, 1.807) is 11.0 Å². The number of carbonyl (C=O) groups excluding carboxylic acids is 1. The molecule has 1 saturated heterocycles. The summed E-state index contributed by atoms with van der Waals surface area (Å²) in [5.41, 5.74) is -0.317. The van der Waals surface area contributed by atoms with Crippen molar-refractivity contribution in [2.45, 2.75) is 31.8 Å². The first-order valence-corrected chi connectivity index (χ1v) is 6.34. The summed E-state index contributed by atoms with van der Waals surface area (Å²) >= 11 is 0. The van der Waals surface area contributed by atoms with Crippen molar-refractivity contribution >= 4 is 11.9 Å². The molecule has 0 bridgehead atoms. The number of rotatable bonds is 4. The van der Waals surface area contributed by atoms with Gasteiger partial charge in [0, 0.05) is 6.54 Å². The molecule has 5 heteroatoms. The predicted molar refractivity (Wildman–Crippen MR) is 65.1 cm³/mol. The summed E-state index contributed by atoms with van der Waals surface area (Å²) < 4.78 is 5.13. The molecule has 2 fully saturated rings. The topological polar surface area (TPSA) is 66.8 Å². The van der Waals surface area contributed by atoms with Crippen LogP contribution in [0.3, 0.4) is 0 Å². The number of carboxylic acid groups (broad SMARTS) is 1. The minimum Gasteiger partial charge on any atom is -0.479 e. The molecule has 0 radical (unpaired) electrons. The molecule has 0 spiro atoms. The van der Waals surface area contributed by atoms with Gasteiger partial charge in [-0.25, -0.2) is 4.79 Å². The lowest BCUT2D eigenvalue weighted by atomic mass is 9.65. The summed E-state index contributed by atoms with van der Waals surface area (Å²) in [6, 6.07) is 0. The van der Waals surface area contributed by atoms with E-state index >= 15 is 0 Å². The Balaban J connectivity index is 2.04. The summed E-state index contributed by atoms with van der Waals surface area (Å²) in [5.74, 6) is -0.929.